The highest BCUT2D eigenvalue weighted by Gasteiger charge is 2.34. The molecule has 0 bridgehead atoms. The van der Waals surface area contributed by atoms with Crippen LogP contribution in [0.2, 0.25) is 0 Å². The van der Waals surface area contributed by atoms with Gasteiger partial charge < -0.3 is 9.98 Å². The standard InChI is InChI=1S/C23H26N2/c1-5-17-7-6-8-18(13-24)22(17)21-12-15(3)23-16(4)19-10-9-14(2)11-20(19)25(21)23/h6-11,13,15,21,24H,5,12H2,1-4H3. The van der Waals surface area contributed by atoms with E-state index < -0.39 is 0 Å². The van der Waals surface area contributed by atoms with Crippen LogP contribution < -0.4 is 0 Å². The van der Waals surface area contributed by atoms with Gasteiger partial charge in [-0.15, -0.1) is 0 Å². The van der Waals surface area contributed by atoms with Crippen LogP contribution in [-0.2, 0) is 6.42 Å². The van der Waals surface area contributed by atoms with Gasteiger partial charge in [-0.05, 0) is 66.5 Å². The molecule has 2 nitrogen and oxygen atoms in total. The second kappa shape index (κ2) is 5.87. The molecule has 1 aliphatic heterocycles. The molecular formula is C23H26N2. The van der Waals surface area contributed by atoms with Crippen LogP contribution >= 0.6 is 0 Å². The van der Waals surface area contributed by atoms with E-state index in [9.17, 15) is 0 Å². The van der Waals surface area contributed by atoms with E-state index >= 15 is 0 Å². The SMILES string of the molecule is CCc1cccc(C=N)c1C1CC(C)c2c(C)c3ccc(C)cc3n21. The summed E-state index contributed by atoms with van der Waals surface area (Å²) in [5, 5.41) is 9.30. The summed E-state index contributed by atoms with van der Waals surface area (Å²) in [4.78, 5) is 0. The Labute approximate surface area is 150 Å². The van der Waals surface area contributed by atoms with E-state index in [-0.39, 0.29) is 0 Å². The minimum atomic E-state index is 0.329. The molecule has 1 N–H and O–H groups in total. The fourth-order valence-corrected chi connectivity index (χ4v) is 4.82. The second-order valence-corrected chi connectivity index (χ2v) is 7.47. The number of fused-ring (bicyclic) bond motifs is 3. The topological polar surface area (TPSA) is 28.8 Å². The number of hydrogen-bond donors (Lipinski definition) is 1. The van der Waals surface area contributed by atoms with Gasteiger partial charge in [-0.2, -0.15) is 0 Å². The van der Waals surface area contributed by atoms with E-state index in [0.717, 1.165) is 18.4 Å². The molecule has 2 heterocycles. The van der Waals surface area contributed by atoms with Crippen LogP contribution in [0.3, 0.4) is 0 Å². The van der Waals surface area contributed by atoms with Crippen LogP contribution in [0.25, 0.3) is 10.9 Å². The monoisotopic (exact) mass is 330 g/mol. The Morgan fingerprint density at radius 2 is 2.00 bits per heavy atom. The minimum Gasteiger partial charge on any atom is -0.336 e. The van der Waals surface area contributed by atoms with Gasteiger partial charge in [0.15, 0.2) is 0 Å². The third-order valence-electron chi connectivity index (χ3n) is 5.92. The maximum absolute atomic E-state index is 7.92. The van der Waals surface area contributed by atoms with Crippen molar-refractivity contribution >= 4 is 17.1 Å². The fourth-order valence-electron chi connectivity index (χ4n) is 4.82. The van der Waals surface area contributed by atoms with Gasteiger partial charge in [0, 0.05) is 22.8 Å². The summed E-state index contributed by atoms with van der Waals surface area (Å²) in [5.74, 6) is 0.543. The zero-order valence-electron chi connectivity index (χ0n) is 15.6. The lowest BCUT2D eigenvalue weighted by Crippen LogP contribution is -2.11. The molecule has 0 aliphatic carbocycles. The maximum Gasteiger partial charge on any atom is 0.0604 e. The van der Waals surface area contributed by atoms with Crippen molar-refractivity contribution in [2.75, 3.05) is 0 Å². The highest BCUT2D eigenvalue weighted by Crippen LogP contribution is 2.47. The second-order valence-electron chi connectivity index (χ2n) is 7.47. The van der Waals surface area contributed by atoms with Crippen molar-refractivity contribution in [3.8, 4) is 0 Å². The number of aryl methyl sites for hydroxylation is 3. The minimum absolute atomic E-state index is 0.329. The van der Waals surface area contributed by atoms with Gasteiger partial charge in [-0.1, -0.05) is 44.2 Å². The van der Waals surface area contributed by atoms with E-state index in [1.54, 1.807) is 0 Å². The van der Waals surface area contributed by atoms with Gasteiger partial charge in [0.1, 0.15) is 0 Å². The Kier molecular flexibility index (Phi) is 3.79. The smallest absolute Gasteiger partial charge is 0.0604 e. The van der Waals surface area contributed by atoms with Crippen molar-refractivity contribution in [1.82, 2.24) is 4.57 Å². The Hall–Kier alpha value is -2.35. The van der Waals surface area contributed by atoms with E-state index in [4.69, 9.17) is 5.41 Å². The average molecular weight is 330 g/mol. The van der Waals surface area contributed by atoms with Gasteiger partial charge in [0.2, 0.25) is 0 Å². The summed E-state index contributed by atoms with van der Waals surface area (Å²) in [6.07, 6.45) is 3.66. The lowest BCUT2D eigenvalue weighted by Gasteiger charge is -2.21. The highest BCUT2D eigenvalue weighted by molar-refractivity contribution is 5.87. The van der Waals surface area contributed by atoms with Crippen LogP contribution in [0.15, 0.2) is 36.4 Å². The molecule has 1 aromatic heterocycles. The molecule has 2 atom stereocenters. The molecule has 1 aliphatic rings. The zero-order chi connectivity index (χ0) is 17.7. The molecule has 0 amide bonds. The van der Waals surface area contributed by atoms with Crippen molar-refractivity contribution in [1.29, 1.82) is 5.41 Å². The first kappa shape index (κ1) is 16.1. The Bertz CT molecular complexity index is 977. The van der Waals surface area contributed by atoms with E-state index in [2.05, 4.69) is 68.7 Å². The predicted molar refractivity (Wildman–Crippen MR) is 106 cm³/mol. The van der Waals surface area contributed by atoms with Crippen LogP contribution in [0.1, 0.15) is 65.7 Å². The first-order valence-corrected chi connectivity index (χ1v) is 9.30. The first-order chi connectivity index (χ1) is 12.1. The molecule has 0 fully saturated rings. The van der Waals surface area contributed by atoms with Gasteiger partial charge >= 0.3 is 0 Å². The molecule has 2 heteroatoms. The van der Waals surface area contributed by atoms with Crippen molar-refractivity contribution < 1.29 is 0 Å². The largest absolute Gasteiger partial charge is 0.336 e. The lowest BCUT2D eigenvalue weighted by atomic mass is 9.89. The molecule has 0 saturated heterocycles. The number of hydrogen-bond acceptors (Lipinski definition) is 1. The quantitative estimate of drug-likeness (QED) is 0.578. The lowest BCUT2D eigenvalue weighted by molar-refractivity contribution is 0.603. The summed E-state index contributed by atoms with van der Waals surface area (Å²) in [7, 11) is 0. The normalized spacial score (nSPS) is 19.4. The van der Waals surface area contributed by atoms with Crippen LogP contribution in [0.4, 0.5) is 0 Å². The number of nitrogens with one attached hydrogen (secondary N) is 1. The number of benzene rings is 2. The first-order valence-electron chi connectivity index (χ1n) is 9.30. The Morgan fingerprint density at radius 1 is 1.20 bits per heavy atom. The molecule has 4 rings (SSSR count). The van der Waals surface area contributed by atoms with Crippen molar-refractivity contribution in [2.24, 2.45) is 0 Å². The maximum atomic E-state index is 7.92. The Morgan fingerprint density at radius 3 is 2.72 bits per heavy atom. The van der Waals surface area contributed by atoms with Gasteiger partial charge in [-0.3, -0.25) is 0 Å². The van der Waals surface area contributed by atoms with Crippen LogP contribution in [0.5, 0.6) is 0 Å². The van der Waals surface area contributed by atoms with Gasteiger partial charge in [-0.25, -0.2) is 0 Å². The molecule has 0 radical (unpaired) electrons. The van der Waals surface area contributed by atoms with Crippen molar-refractivity contribution in [2.45, 2.75) is 52.5 Å². The summed E-state index contributed by atoms with van der Waals surface area (Å²) < 4.78 is 2.57. The van der Waals surface area contributed by atoms with Crippen LogP contribution in [0, 0.1) is 19.3 Å². The van der Waals surface area contributed by atoms with Gasteiger partial charge in [0.25, 0.3) is 0 Å². The average Bonchev–Trinajstić information content (AvgIpc) is 3.10. The number of rotatable bonds is 3. The molecule has 3 aromatic rings. The van der Waals surface area contributed by atoms with Crippen molar-refractivity contribution in [3.05, 3.63) is 69.9 Å². The molecule has 2 aromatic carbocycles. The van der Waals surface area contributed by atoms with Gasteiger partial charge in [0.05, 0.1) is 6.04 Å². The van der Waals surface area contributed by atoms with E-state index in [1.165, 1.54) is 45.1 Å². The molecule has 0 saturated carbocycles. The summed E-state index contributed by atoms with van der Waals surface area (Å²) in [6, 6.07) is 13.6. The molecule has 2 unspecified atom stereocenters. The number of aromatic nitrogens is 1. The van der Waals surface area contributed by atoms with E-state index in [1.807, 2.05) is 0 Å². The van der Waals surface area contributed by atoms with Crippen LogP contribution in [-0.4, -0.2) is 10.8 Å². The van der Waals surface area contributed by atoms with E-state index in [0.29, 0.717) is 12.0 Å². The summed E-state index contributed by atoms with van der Waals surface area (Å²) in [6.45, 7) is 9.01. The summed E-state index contributed by atoms with van der Waals surface area (Å²) >= 11 is 0. The highest BCUT2D eigenvalue weighted by atomic mass is 15.1. The molecular weight excluding hydrogens is 304 g/mol. The molecule has 128 valence electrons. The molecule has 0 spiro atoms. The molecule has 25 heavy (non-hydrogen) atoms. The number of nitrogens with zero attached hydrogens (tertiary/aromatic N) is 1. The van der Waals surface area contributed by atoms with Crippen molar-refractivity contribution in [3.63, 3.8) is 0 Å². The fraction of sp³-hybridized carbons (Fsp3) is 0.348. The third-order valence-corrected chi connectivity index (χ3v) is 5.92. The predicted octanol–water partition coefficient (Wildman–Crippen LogP) is 5.91. The third kappa shape index (κ3) is 2.27. The Balaban J connectivity index is 2.04. The summed E-state index contributed by atoms with van der Waals surface area (Å²) in [5.41, 5.74) is 9.35. The zero-order valence-corrected chi connectivity index (χ0v) is 15.6.